The highest BCUT2D eigenvalue weighted by atomic mass is 35.5. The largest absolute Gasteiger partial charge is 0.374 e. The van der Waals surface area contributed by atoms with Crippen molar-refractivity contribution in [2.75, 3.05) is 33.3 Å². The molecule has 1 atom stereocenters. The Bertz CT molecular complexity index is 449. The van der Waals surface area contributed by atoms with Gasteiger partial charge in [-0.3, -0.25) is 4.68 Å². The number of hydrogen-bond acceptors (Lipinski definition) is 4. The van der Waals surface area contributed by atoms with Crippen LogP contribution >= 0.6 is 11.6 Å². The summed E-state index contributed by atoms with van der Waals surface area (Å²) in [6, 6.07) is 0. The van der Waals surface area contributed by atoms with Crippen molar-refractivity contribution in [3.8, 4) is 0 Å². The third-order valence-corrected chi connectivity index (χ3v) is 4.35. The third-order valence-electron chi connectivity index (χ3n) is 3.92. The van der Waals surface area contributed by atoms with Crippen molar-refractivity contribution in [1.29, 1.82) is 0 Å². The molecule has 0 unspecified atom stereocenters. The van der Waals surface area contributed by atoms with Crippen LogP contribution in [0.15, 0.2) is 0 Å². The van der Waals surface area contributed by atoms with E-state index in [4.69, 9.17) is 16.3 Å². The molecule has 0 spiro atoms. The van der Waals surface area contributed by atoms with E-state index in [-0.39, 0.29) is 6.10 Å². The summed E-state index contributed by atoms with van der Waals surface area (Å²) in [5.74, 6) is 0. The maximum atomic E-state index is 6.43. The molecule has 2 rings (SSSR count). The van der Waals surface area contributed by atoms with Crippen LogP contribution in [-0.4, -0.2) is 54.1 Å². The lowest BCUT2D eigenvalue weighted by molar-refractivity contribution is -0.0182. The van der Waals surface area contributed by atoms with E-state index in [9.17, 15) is 0 Å². The molecule has 120 valence electrons. The van der Waals surface area contributed by atoms with Crippen LogP contribution in [0, 0.1) is 6.92 Å². The number of halogens is 1. The van der Waals surface area contributed by atoms with Gasteiger partial charge in [0, 0.05) is 38.3 Å². The smallest absolute Gasteiger partial charge is 0.131 e. The highest BCUT2D eigenvalue weighted by molar-refractivity contribution is 6.30. The lowest BCUT2D eigenvalue weighted by Crippen LogP contribution is -2.44. The maximum absolute atomic E-state index is 6.43. The average Bonchev–Trinajstić information content (AvgIpc) is 2.72. The Labute approximate surface area is 132 Å². The van der Waals surface area contributed by atoms with Crippen LogP contribution in [0.5, 0.6) is 0 Å². The van der Waals surface area contributed by atoms with E-state index >= 15 is 0 Å². The van der Waals surface area contributed by atoms with Crippen LogP contribution in [0.3, 0.4) is 0 Å². The molecule has 1 aliphatic rings. The van der Waals surface area contributed by atoms with Crippen molar-refractivity contribution >= 4 is 11.6 Å². The molecule has 21 heavy (non-hydrogen) atoms. The second kappa shape index (κ2) is 8.13. The molecule has 0 aromatic carbocycles. The summed E-state index contributed by atoms with van der Waals surface area (Å²) in [7, 11) is 2.13. The first kappa shape index (κ1) is 16.7. The van der Waals surface area contributed by atoms with Gasteiger partial charge in [-0.2, -0.15) is 5.10 Å². The minimum Gasteiger partial charge on any atom is -0.374 e. The highest BCUT2D eigenvalue weighted by Gasteiger charge is 2.18. The van der Waals surface area contributed by atoms with Gasteiger partial charge in [0.1, 0.15) is 5.15 Å². The fraction of sp³-hybridized carbons (Fsp3) is 0.800. The molecule has 1 saturated heterocycles. The molecule has 1 aromatic rings. The van der Waals surface area contributed by atoms with E-state index < -0.39 is 0 Å². The monoisotopic (exact) mass is 314 g/mol. The molecule has 0 radical (unpaired) electrons. The molecule has 0 aliphatic carbocycles. The van der Waals surface area contributed by atoms with Gasteiger partial charge in [-0.15, -0.1) is 0 Å². The molecular formula is C15H27ClN4O. The number of likely N-dealkylation sites (N-methyl/N-ethyl adjacent to an activating group) is 1. The predicted octanol–water partition coefficient (Wildman–Crippen LogP) is 2.07. The third kappa shape index (κ3) is 4.68. The summed E-state index contributed by atoms with van der Waals surface area (Å²) in [5.41, 5.74) is 2.13. The van der Waals surface area contributed by atoms with Gasteiger partial charge in [-0.1, -0.05) is 24.9 Å². The summed E-state index contributed by atoms with van der Waals surface area (Å²) in [5, 5.41) is 8.76. The van der Waals surface area contributed by atoms with Crippen molar-refractivity contribution < 1.29 is 4.74 Å². The van der Waals surface area contributed by atoms with Crippen LogP contribution in [0.1, 0.15) is 31.0 Å². The summed E-state index contributed by atoms with van der Waals surface area (Å²) in [4.78, 5) is 2.30. The van der Waals surface area contributed by atoms with Gasteiger partial charge in [0.15, 0.2) is 0 Å². The highest BCUT2D eigenvalue weighted by Crippen LogP contribution is 2.20. The minimum absolute atomic E-state index is 0.262. The number of nitrogens with zero attached hydrogens (tertiary/aromatic N) is 3. The zero-order chi connectivity index (χ0) is 15.2. The van der Waals surface area contributed by atoms with Gasteiger partial charge in [-0.05, 0) is 20.4 Å². The van der Waals surface area contributed by atoms with Crippen molar-refractivity contribution in [3.63, 3.8) is 0 Å². The lowest BCUT2D eigenvalue weighted by atomic mass is 10.2. The summed E-state index contributed by atoms with van der Waals surface area (Å²) >= 11 is 6.43. The standard InChI is InChI=1S/C15H27ClN4O/c1-4-5-6-20-15(16)14(12(2)18-20)10-17-9-13-11-19(3)7-8-21-13/h13,17H,4-11H2,1-3H3/t13-/m1/s1. The zero-order valence-electron chi connectivity index (χ0n) is 13.4. The molecule has 1 aromatic heterocycles. The first-order valence-electron chi connectivity index (χ1n) is 7.84. The van der Waals surface area contributed by atoms with Crippen molar-refractivity contribution in [2.45, 2.75) is 45.9 Å². The van der Waals surface area contributed by atoms with E-state index in [1.165, 1.54) is 0 Å². The number of nitrogens with one attached hydrogen (secondary N) is 1. The summed E-state index contributed by atoms with van der Waals surface area (Å²) in [6.45, 7) is 9.51. The molecule has 0 saturated carbocycles. The molecule has 0 bridgehead atoms. The Morgan fingerprint density at radius 1 is 1.48 bits per heavy atom. The number of aromatic nitrogens is 2. The molecule has 1 aliphatic heterocycles. The molecule has 1 N–H and O–H groups in total. The van der Waals surface area contributed by atoms with Crippen LogP contribution < -0.4 is 5.32 Å². The number of aryl methyl sites for hydroxylation is 2. The van der Waals surface area contributed by atoms with Crippen molar-refractivity contribution in [2.24, 2.45) is 0 Å². The molecule has 6 heteroatoms. The van der Waals surface area contributed by atoms with Gasteiger partial charge < -0.3 is 15.0 Å². The molecule has 2 heterocycles. The minimum atomic E-state index is 0.262. The van der Waals surface area contributed by atoms with Gasteiger partial charge in [0.05, 0.1) is 18.4 Å². The van der Waals surface area contributed by atoms with E-state index in [0.717, 1.165) is 68.6 Å². The van der Waals surface area contributed by atoms with E-state index in [2.05, 4.69) is 29.3 Å². The number of hydrogen-bond donors (Lipinski definition) is 1. The Morgan fingerprint density at radius 2 is 2.29 bits per heavy atom. The molecule has 0 amide bonds. The average molecular weight is 315 g/mol. The summed E-state index contributed by atoms with van der Waals surface area (Å²) < 4.78 is 7.67. The Kier molecular flexibility index (Phi) is 6.48. The van der Waals surface area contributed by atoms with Gasteiger partial charge >= 0.3 is 0 Å². The predicted molar refractivity (Wildman–Crippen MR) is 85.8 cm³/mol. The zero-order valence-corrected chi connectivity index (χ0v) is 14.1. The maximum Gasteiger partial charge on any atom is 0.131 e. The van der Waals surface area contributed by atoms with Gasteiger partial charge in [0.2, 0.25) is 0 Å². The fourth-order valence-corrected chi connectivity index (χ4v) is 2.92. The Balaban J connectivity index is 1.83. The Morgan fingerprint density at radius 3 is 3.00 bits per heavy atom. The second-order valence-corrected chi connectivity index (χ2v) is 6.18. The first-order chi connectivity index (χ1) is 10.1. The second-order valence-electron chi connectivity index (χ2n) is 5.82. The van der Waals surface area contributed by atoms with E-state index in [0.29, 0.717) is 0 Å². The topological polar surface area (TPSA) is 42.3 Å². The van der Waals surface area contributed by atoms with Gasteiger partial charge in [0.25, 0.3) is 0 Å². The summed E-state index contributed by atoms with van der Waals surface area (Å²) in [6.07, 6.45) is 2.52. The fourth-order valence-electron chi connectivity index (χ4n) is 2.60. The normalized spacial score (nSPS) is 20.1. The first-order valence-corrected chi connectivity index (χ1v) is 8.22. The lowest BCUT2D eigenvalue weighted by Gasteiger charge is -2.30. The van der Waals surface area contributed by atoms with Crippen LogP contribution in [0.25, 0.3) is 0 Å². The van der Waals surface area contributed by atoms with Crippen LogP contribution in [-0.2, 0) is 17.8 Å². The van der Waals surface area contributed by atoms with Crippen molar-refractivity contribution in [1.82, 2.24) is 20.0 Å². The van der Waals surface area contributed by atoms with Crippen LogP contribution in [0.4, 0.5) is 0 Å². The molecule has 5 nitrogen and oxygen atoms in total. The number of rotatable bonds is 7. The van der Waals surface area contributed by atoms with E-state index in [1.807, 2.05) is 11.6 Å². The van der Waals surface area contributed by atoms with E-state index in [1.54, 1.807) is 0 Å². The number of morpholine rings is 1. The molecule has 1 fully saturated rings. The molecular weight excluding hydrogens is 288 g/mol. The number of ether oxygens (including phenoxy) is 1. The van der Waals surface area contributed by atoms with Crippen molar-refractivity contribution in [3.05, 3.63) is 16.4 Å². The Hall–Kier alpha value is -0.620. The SMILES string of the molecule is CCCCn1nc(C)c(CNC[C@@H]2CN(C)CCO2)c1Cl. The van der Waals surface area contributed by atoms with Crippen LogP contribution in [0.2, 0.25) is 5.15 Å². The van der Waals surface area contributed by atoms with Gasteiger partial charge in [-0.25, -0.2) is 0 Å². The quantitative estimate of drug-likeness (QED) is 0.836. The number of unbranched alkanes of at least 4 members (excludes halogenated alkanes) is 1.